The molecule has 0 bridgehead atoms. The molecular formula is C28H19F6N5O2. The number of halogens is 6. The van der Waals surface area contributed by atoms with Gasteiger partial charge in [-0.2, -0.15) is 31.6 Å². The molecule has 210 valence electrons. The van der Waals surface area contributed by atoms with E-state index >= 15 is 0 Å². The van der Waals surface area contributed by atoms with Crippen molar-refractivity contribution >= 4 is 17.6 Å². The number of hydrogen-bond acceptors (Lipinski definition) is 4. The highest BCUT2D eigenvalue weighted by Crippen LogP contribution is 2.38. The maximum absolute atomic E-state index is 13.5. The Morgan fingerprint density at radius 3 is 2.15 bits per heavy atom. The average molecular weight is 571 g/mol. The fourth-order valence-corrected chi connectivity index (χ4v) is 4.72. The minimum Gasteiger partial charge on any atom is -0.326 e. The number of nitrogens with one attached hydrogen (secondary N) is 2. The van der Waals surface area contributed by atoms with Crippen LogP contribution in [0.15, 0.2) is 84.1 Å². The first-order valence-corrected chi connectivity index (χ1v) is 12.1. The number of hydrogen-bond donors (Lipinski definition) is 2. The highest BCUT2D eigenvalue weighted by Gasteiger charge is 2.42. The van der Waals surface area contributed by atoms with Crippen LogP contribution in [0.25, 0.3) is 0 Å². The standard InChI is InChI=1S/C28H19F6N5O2/c29-27(30,31)19-10-6-17(7-11-19)14-38-15-22-23(25(40)37-38)24(18-8-4-16(13-35)5-9-18)36-26(41)39(22)21-3-1-2-20(12-21)28(32,33)34/h1-12,24H,14-15H2,(H,36,41)(H,37,40). The predicted molar refractivity (Wildman–Crippen MR) is 133 cm³/mol. The Labute approximate surface area is 229 Å². The Balaban J connectivity index is 1.56. The molecule has 0 saturated heterocycles. The van der Waals surface area contributed by atoms with E-state index in [0.717, 1.165) is 35.2 Å². The van der Waals surface area contributed by atoms with Gasteiger partial charge in [-0.15, -0.1) is 0 Å². The topological polar surface area (TPSA) is 88.5 Å². The molecule has 1 unspecified atom stereocenters. The summed E-state index contributed by atoms with van der Waals surface area (Å²) in [5.74, 6) is -0.663. The van der Waals surface area contributed by atoms with Gasteiger partial charge in [0.05, 0.1) is 52.3 Å². The van der Waals surface area contributed by atoms with Crippen molar-refractivity contribution < 1.29 is 35.9 Å². The molecule has 1 atom stereocenters. The van der Waals surface area contributed by atoms with Gasteiger partial charge in [-0.3, -0.25) is 15.1 Å². The zero-order chi connectivity index (χ0) is 29.5. The van der Waals surface area contributed by atoms with Gasteiger partial charge in [0.25, 0.3) is 5.91 Å². The summed E-state index contributed by atoms with van der Waals surface area (Å²) in [7, 11) is 0. The lowest BCUT2D eigenvalue weighted by atomic mass is 9.92. The Kier molecular flexibility index (Phi) is 6.96. The van der Waals surface area contributed by atoms with E-state index in [1.807, 2.05) is 6.07 Å². The molecule has 0 spiro atoms. The SMILES string of the molecule is N#Cc1ccc(C2NC(=O)N(c3cccc(C(F)(F)F)c3)C3=C2C(=O)NN(Cc2ccc(C(F)(F)F)cc2)C3)cc1. The molecular weight excluding hydrogens is 552 g/mol. The normalized spacial score (nSPS) is 18.0. The van der Waals surface area contributed by atoms with Crippen molar-refractivity contribution in [3.05, 3.63) is 112 Å². The van der Waals surface area contributed by atoms with Crippen LogP contribution in [0, 0.1) is 11.3 Å². The van der Waals surface area contributed by atoms with E-state index in [0.29, 0.717) is 16.7 Å². The largest absolute Gasteiger partial charge is 0.416 e. The van der Waals surface area contributed by atoms with E-state index in [2.05, 4.69) is 10.7 Å². The Hall–Kier alpha value is -4.83. The Bertz CT molecular complexity index is 1570. The Morgan fingerprint density at radius 2 is 1.54 bits per heavy atom. The number of amides is 3. The van der Waals surface area contributed by atoms with E-state index in [1.54, 1.807) is 12.1 Å². The van der Waals surface area contributed by atoms with E-state index in [-0.39, 0.29) is 30.0 Å². The summed E-state index contributed by atoms with van der Waals surface area (Å²) in [4.78, 5) is 27.9. The number of carbonyl (C=O) groups is 2. The van der Waals surface area contributed by atoms with Gasteiger partial charge in [0.2, 0.25) is 0 Å². The fraction of sp³-hybridized carbons (Fsp3) is 0.179. The van der Waals surface area contributed by atoms with Crippen LogP contribution in [-0.4, -0.2) is 23.5 Å². The highest BCUT2D eigenvalue weighted by molar-refractivity contribution is 6.05. The first-order chi connectivity index (χ1) is 19.3. The van der Waals surface area contributed by atoms with Gasteiger partial charge in [-0.1, -0.05) is 30.3 Å². The van der Waals surface area contributed by atoms with E-state index in [4.69, 9.17) is 5.26 Å². The summed E-state index contributed by atoms with van der Waals surface area (Å²) in [6.45, 7) is -0.210. The summed E-state index contributed by atoms with van der Waals surface area (Å²) in [5, 5.41) is 13.1. The number of carbonyl (C=O) groups excluding carboxylic acids is 2. The van der Waals surface area contributed by atoms with Crippen molar-refractivity contribution in [1.29, 1.82) is 5.26 Å². The monoisotopic (exact) mass is 571 g/mol. The summed E-state index contributed by atoms with van der Waals surface area (Å²) in [6.07, 6.45) is -9.22. The zero-order valence-electron chi connectivity index (χ0n) is 20.8. The van der Waals surface area contributed by atoms with Crippen molar-refractivity contribution in [2.45, 2.75) is 24.9 Å². The second-order valence-electron chi connectivity index (χ2n) is 9.35. The summed E-state index contributed by atoms with van der Waals surface area (Å²) < 4.78 is 79.4. The third-order valence-corrected chi connectivity index (χ3v) is 6.64. The zero-order valence-corrected chi connectivity index (χ0v) is 20.8. The summed E-state index contributed by atoms with van der Waals surface area (Å²) in [6, 6.07) is 14.7. The molecule has 3 amide bonds. The van der Waals surface area contributed by atoms with Crippen molar-refractivity contribution in [2.24, 2.45) is 0 Å². The van der Waals surface area contributed by atoms with E-state index in [1.165, 1.54) is 35.3 Å². The third kappa shape index (κ3) is 5.59. The van der Waals surface area contributed by atoms with Gasteiger partial charge in [0.1, 0.15) is 0 Å². The van der Waals surface area contributed by atoms with Gasteiger partial charge in [0, 0.05) is 6.54 Å². The molecule has 2 aliphatic heterocycles. The van der Waals surface area contributed by atoms with Crippen molar-refractivity contribution in [1.82, 2.24) is 15.8 Å². The van der Waals surface area contributed by atoms with Crippen molar-refractivity contribution in [3.63, 3.8) is 0 Å². The molecule has 2 heterocycles. The van der Waals surface area contributed by atoms with Gasteiger partial charge >= 0.3 is 18.4 Å². The molecule has 0 aromatic heterocycles. The lowest BCUT2D eigenvalue weighted by Crippen LogP contribution is -2.58. The van der Waals surface area contributed by atoms with Crippen LogP contribution >= 0.6 is 0 Å². The molecule has 41 heavy (non-hydrogen) atoms. The van der Waals surface area contributed by atoms with Crippen LogP contribution in [0.3, 0.4) is 0 Å². The molecule has 7 nitrogen and oxygen atoms in total. The van der Waals surface area contributed by atoms with Crippen LogP contribution < -0.4 is 15.6 Å². The minimum atomic E-state index is -4.69. The number of benzene rings is 3. The van der Waals surface area contributed by atoms with E-state index < -0.39 is 41.5 Å². The third-order valence-electron chi connectivity index (χ3n) is 6.64. The predicted octanol–water partition coefficient (Wildman–Crippen LogP) is 5.67. The molecule has 2 aliphatic rings. The number of rotatable bonds is 4. The minimum absolute atomic E-state index is 0.0553. The molecule has 3 aromatic rings. The molecule has 0 aliphatic carbocycles. The van der Waals surface area contributed by atoms with Gasteiger partial charge in [0.15, 0.2) is 0 Å². The molecule has 5 rings (SSSR count). The summed E-state index contributed by atoms with van der Waals surface area (Å²) >= 11 is 0. The Morgan fingerprint density at radius 1 is 0.878 bits per heavy atom. The number of hydrazine groups is 1. The maximum atomic E-state index is 13.5. The molecule has 2 N–H and O–H groups in total. The molecule has 13 heteroatoms. The quantitative estimate of drug-likeness (QED) is 0.396. The average Bonchev–Trinajstić information content (AvgIpc) is 2.92. The lowest BCUT2D eigenvalue weighted by Gasteiger charge is -2.42. The first-order valence-electron chi connectivity index (χ1n) is 12.1. The second-order valence-corrected chi connectivity index (χ2v) is 9.35. The van der Waals surface area contributed by atoms with Gasteiger partial charge in [-0.25, -0.2) is 9.80 Å². The van der Waals surface area contributed by atoms with Crippen LogP contribution in [-0.2, 0) is 23.7 Å². The van der Waals surface area contributed by atoms with Gasteiger partial charge < -0.3 is 5.32 Å². The van der Waals surface area contributed by atoms with Crippen molar-refractivity contribution in [3.8, 4) is 6.07 Å². The summed E-state index contributed by atoms with van der Waals surface area (Å²) in [5.41, 5.74) is 2.05. The molecule has 0 fully saturated rings. The number of nitrogens with zero attached hydrogens (tertiary/aromatic N) is 3. The molecule has 0 radical (unpaired) electrons. The van der Waals surface area contributed by atoms with Crippen LogP contribution in [0.4, 0.5) is 36.8 Å². The van der Waals surface area contributed by atoms with Crippen LogP contribution in [0.5, 0.6) is 0 Å². The highest BCUT2D eigenvalue weighted by atomic mass is 19.4. The first kappa shape index (κ1) is 27.7. The lowest BCUT2D eigenvalue weighted by molar-refractivity contribution is -0.138. The smallest absolute Gasteiger partial charge is 0.326 e. The maximum Gasteiger partial charge on any atom is 0.416 e. The fourth-order valence-electron chi connectivity index (χ4n) is 4.72. The molecule has 3 aromatic carbocycles. The van der Waals surface area contributed by atoms with Crippen LogP contribution in [0.2, 0.25) is 0 Å². The number of anilines is 1. The number of nitriles is 1. The van der Waals surface area contributed by atoms with Crippen molar-refractivity contribution in [2.75, 3.05) is 11.4 Å². The van der Waals surface area contributed by atoms with Gasteiger partial charge in [-0.05, 0) is 53.6 Å². The number of alkyl halides is 6. The van der Waals surface area contributed by atoms with E-state index in [9.17, 15) is 35.9 Å². The number of urea groups is 1. The molecule has 0 saturated carbocycles. The second kappa shape index (κ2) is 10.3. The van der Waals surface area contributed by atoms with Crippen LogP contribution in [0.1, 0.15) is 33.9 Å².